The number of benzene rings is 3. The van der Waals surface area contributed by atoms with Gasteiger partial charge in [-0.25, -0.2) is 4.39 Å². The van der Waals surface area contributed by atoms with Gasteiger partial charge in [0.1, 0.15) is 17.3 Å². The fourth-order valence-corrected chi connectivity index (χ4v) is 2.96. The lowest BCUT2D eigenvalue weighted by Crippen LogP contribution is -2.20. The fraction of sp³-hybridized carbons (Fsp3) is 0.125. The van der Waals surface area contributed by atoms with Crippen LogP contribution in [0.4, 0.5) is 10.1 Å². The zero-order valence-electron chi connectivity index (χ0n) is 17.5. The molecule has 0 aliphatic rings. The maximum atomic E-state index is 13.4. The average molecular weight is 433 g/mol. The number of halogens is 1. The van der Waals surface area contributed by atoms with Crippen LogP contribution in [0.5, 0.6) is 11.5 Å². The molecule has 8 heteroatoms. The largest absolute Gasteiger partial charge is 0.497 e. The molecular formula is C24H20FN3O4. The number of nitrogens with one attached hydrogen (secondary N) is 1. The predicted octanol–water partition coefficient (Wildman–Crippen LogP) is 4.88. The topological polar surface area (TPSA) is 86.5 Å². The molecule has 4 rings (SSSR count). The summed E-state index contributed by atoms with van der Waals surface area (Å²) in [7, 11) is 1.60. The van der Waals surface area contributed by atoms with Gasteiger partial charge in [0.15, 0.2) is 6.61 Å². The first-order valence-electron chi connectivity index (χ1n) is 9.79. The van der Waals surface area contributed by atoms with Crippen LogP contribution in [-0.2, 0) is 4.79 Å². The standard InChI is InChI=1S/C24H20FN3O4/c1-15-3-8-18(25)13-21(15)26-22(29)14-31-20-11-6-17(7-12-20)24-27-23(28-32-24)16-4-9-19(30-2)10-5-16/h3-13H,14H2,1-2H3,(H,26,29). The van der Waals surface area contributed by atoms with Gasteiger partial charge >= 0.3 is 0 Å². The summed E-state index contributed by atoms with van der Waals surface area (Å²) in [6.45, 7) is 1.57. The number of hydrogen-bond acceptors (Lipinski definition) is 6. The van der Waals surface area contributed by atoms with Crippen molar-refractivity contribution in [3.8, 4) is 34.3 Å². The summed E-state index contributed by atoms with van der Waals surface area (Å²) in [6, 6.07) is 18.5. The van der Waals surface area contributed by atoms with E-state index in [9.17, 15) is 9.18 Å². The lowest BCUT2D eigenvalue weighted by Gasteiger charge is -2.10. The van der Waals surface area contributed by atoms with Gasteiger partial charge in [-0.3, -0.25) is 4.79 Å². The first kappa shape index (κ1) is 21.0. The van der Waals surface area contributed by atoms with E-state index >= 15 is 0 Å². The predicted molar refractivity (Wildman–Crippen MR) is 117 cm³/mol. The molecule has 0 saturated heterocycles. The maximum absolute atomic E-state index is 13.4. The molecular weight excluding hydrogens is 413 g/mol. The summed E-state index contributed by atoms with van der Waals surface area (Å²) in [5.41, 5.74) is 2.69. The number of carbonyl (C=O) groups excluding carboxylic acids is 1. The minimum atomic E-state index is -0.418. The van der Waals surface area contributed by atoms with Crippen molar-refractivity contribution < 1.29 is 23.2 Å². The monoisotopic (exact) mass is 433 g/mol. The number of carbonyl (C=O) groups is 1. The van der Waals surface area contributed by atoms with Gasteiger partial charge in [0.05, 0.1) is 7.11 Å². The van der Waals surface area contributed by atoms with E-state index < -0.39 is 5.82 Å². The quantitative estimate of drug-likeness (QED) is 0.447. The van der Waals surface area contributed by atoms with Crippen molar-refractivity contribution in [3.05, 3.63) is 78.1 Å². The highest BCUT2D eigenvalue weighted by Gasteiger charge is 2.12. The zero-order chi connectivity index (χ0) is 22.5. The molecule has 1 aromatic heterocycles. The molecule has 32 heavy (non-hydrogen) atoms. The van der Waals surface area contributed by atoms with E-state index in [0.717, 1.165) is 16.9 Å². The van der Waals surface area contributed by atoms with Crippen LogP contribution in [0.2, 0.25) is 0 Å². The van der Waals surface area contributed by atoms with Gasteiger partial charge in [0.25, 0.3) is 11.8 Å². The molecule has 0 saturated carbocycles. The van der Waals surface area contributed by atoms with Crippen molar-refractivity contribution >= 4 is 11.6 Å². The Morgan fingerprint density at radius 3 is 2.41 bits per heavy atom. The highest BCUT2D eigenvalue weighted by Crippen LogP contribution is 2.25. The normalized spacial score (nSPS) is 10.6. The molecule has 7 nitrogen and oxygen atoms in total. The van der Waals surface area contributed by atoms with E-state index in [0.29, 0.717) is 28.7 Å². The smallest absolute Gasteiger partial charge is 0.262 e. The number of ether oxygens (including phenoxy) is 2. The van der Waals surface area contributed by atoms with Crippen molar-refractivity contribution in [1.29, 1.82) is 0 Å². The third-order valence-corrected chi connectivity index (χ3v) is 4.72. The summed E-state index contributed by atoms with van der Waals surface area (Å²) >= 11 is 0. The number of aromatic nitrogens is 2. The molecule has 0 aliphatic heterocycles. The molecule has 3 aromatic carbocycles. The SMILES string of the molecule is COc1ccc(-c2noc(-c3ccc(OCC(=O)Nc4cc(F)ccc4C)cc3)n2)cc1. The van der Waals surface area contributed by atoms with Crippen LogP contribution in [0.15, 0.2) is 71.3 Å². The fourth-order valence-electron chi connectivity index (χ4n) is 2.96. The number of rotatable bonds is 7. The number of aryl methyl sites for hydroxylation is 1. The lowest BCUT2D eigenvalue weighted by atomic mass is 10.2. The Morgan fingerprint density at radius 1 is 1.00 bits per heavy atom. The first-order valence-corrected chi connectivity index (χ1v) is 9.79. The minimum absolute atomic E-state index is 0.211. The van der Waals surface area contributed by atoms with Crippen LogP contribution >= 0.6 is 0 Å². The van der Waals surface area contributed by atoms with Crippen molar-refractivity contribution in [3.63, 3.8) is 0 Å². The number of anilines is 1. The molecule has 0 fully saturated rings. The average Bonchev–Trinajstić information content (AvgIpc) is 3.31. The molecule has 162 valence electrons. The van der Waals surface area contributed by atoms with Crippen LogP contribution in [0.25, 0.3) is 22.8 Å². The Kier molecular flexibility index (Phi) is 6.12. The molecule has 0 atom stereocenters. The maximum Gasteiger partial charge on any atom is 0.262 e. The van der Waals surface area contributed by atoms with Crippen LogP contribution in [0.3, 0.4) is 0 Å². The van der Waals surface area contributed by atoms with Gasteiger partial charge in [0.2, 0.25) is 5.82 Å². The van der Waals surface area contributed by atoms with E-state index in [4.69, 9.17) is 14.0 Å². The van der Waals surface area contributed by atoms with Gasteiger partial charge in [-0.15, -0.1) is 0 Å². The van der Waals surface area contributed by atoms with Gasteiger partial charge in [0, 0.05) is 16.8 Å². The second-order valence-electron chi connectivity index (χ2n) is 6.97. The Balaban J connectivity index is 1.36. The molecule has 0 unspecified atom stereocenters. The zero-order valence-corrected chi connectivity index (χ0v) is 17.5. The van der Waals surface area contributed by atoms with E-state index in [1.165, 1.54) is 12.1 Å². The molecule has 4 aromatic rings. The highest BCUT2D eigenvalue weighted by atomic mass is 19.1. The van der Waals surface area contributed by atoms with E-state index in [-0.39, 0.29) is 12.5 Å². The lowest BCUT2D eigenvalue weighted by molar-refractivity contribution is -0.118. The molecule has 0 spiro atoms. The second-order valence-corrected chi connectivity index (χ2v) is 6.97. The van der Waals surface area contributed by atoms with Crippen molar-refractivity contribution in [2.75, 3.05) is 19.0 Å². The minimum Gasteiger partial charge on any atom is -0.497 e. The second kappa shape index (κ2) is 9.30. The Morgan fingerprint density at radius 2 is 1.69 bits per heavy atom. The first-order chi connectivity index (χ1) is 15.5. The summed E-state index contributed by atoms with van der Waals surface area (Å²) in [4.78, 5) is 16.5. The molecule has 0 radical (unpaired) electrons. The van der Waals surface area contributed by atoms with E-state index in [2.05, 4.69) is 15.5 Å². The van der Waals surface area contributed by atoms with Gasteiger partial charge in [-0.05, 0) is 73.2 Å². The van der Waals surface area contributed by atoms with E-state index in [1.54, 1.807) is 44.4 Å². The summed E-state index contributed by atoms with van der Waals surface area (Å²) < 4.78 is 29.4. The molecule has 0 bridgehead atoms. The number of methoxy groups -OCH3 is 1. The van der Waals surface area contributed by atoms with Crippen LogP contribution in [0, 0.1) is 12.7 Å². The molecule has 1 heterocycles. The highest BCUT2D eigenvalue weighted by molar-refractivity contribution is 5.92. The number of amides is 1. The third-order valence-electron chi connectivity index (χ3n) is 4.72. The van der Waals surface area contributed by atoms with Gasteiger partial charge in [-0.1, -0.05) is 11.2 Å². The number of nitrogens with zero attached hydrogens (tertiary/aromatic N) is 2. The molecule has 1 N–H and O–H groups in total. The van der Waals surface area contributed by atoms with E-state index in [1.807, 2.05) is 24.3 Å². The molecule has 1 amide bonds. The van der Waals surface area contributed by atoms with Crippen LogP contribution in [-0.4, -0.2) is 29.8 Å². The van der Waals surface area contributed by atoms with Crippen molar-refractivity contribution in [2.45, 2.75) is 6.92 Å². The van der Waals surface area contributed by atoms with Gasteiger partial charge < -0.3 is 19.3 Å². The number of hydrogen-bond donors (Lipinski definition) is 1. The molecule has 0 aliphatic carbocycles. The Bertz CT molecular complexity index is 1220. The Labute approximate surface area is 183 Å². The van der Waals surface area contributed by atoms with Gasteiger partial charge in [-0.2, -0.15) is 4.98 Å². The van der Waals surface area contributed by atoms with Crippen LogP contribution in [0.1, 0.15) is 5.56 Å². The van der Waals surface area contributed by atoms with Crippen molar-refractivity contribution in [1.82, 2.24) is 10.1 Å². The Hall–Kier alpha value is -4.20. The summed E-state index contributed by atoms with van der Waals surface area (Å²) in [5.74, 6) is 1.26. The summed E-state index contributed by atoms with van der Waals surface area (Å²) in [6.07, 6.45) is 0. The van der Waals surface area contributed by atoms with Crippen molar-refractivity contribution in [2.24, 2.45) is 0 Å². The third kappa shape index (κ3) is 4.92. The summed E-state index contributed by atoms with van der Waals surface area (Å²) in [5, 5.41) is 6.65. The van der Waals surface area contributed by atoms with Crippen LogP contribution < -0.4 is 14.8 Å².